The Morgan fingerprint density at radius 3 is 2.62 bits per heavy atom. The minimum Gasteiger partial charge on any atom is -0.294 e. The highest BCUT2D eigenvalue weighted by molar-refractivity contribution is 7.16. The first-order chi connectivity index (χ1) is 7.66. The number of carbonyl (C=O) groups excluding carboxylic acids is 1. The molecule has 82 valence electrons. The molecule has 2 aromatic rings. The first kappa shape index (κ1) is 11.3. The Kier molecular flexibility index (Phi) is 3.36. The number of benzene rings is 1. The summed E-state index contributed by atoms with van der Waals surface area (Å²) in [6.07, 6.45) is 0.193. The summed E-state index contributed by atoms with van der Waals surface area (Å²) in [6.45, 7) is 0. The summed E-state index contributed by atoms with van der Waals surface area (Å²) in [6, 6.07) is 9.51. The van der Waals surface area contributed by atoms with Crippen LogP contribution in [0.4, 0.5) is 4.39 Å². The highest BCUT2D eigenvalue weighted by Crippen LogP contribution is 2.23. The maximum Gasteiger partial charge on any atom is 0.170 e. The largest absolute Gasteiger partial charge is 0.294 e. The molecule has 1 heterocycles. The second kappa shape index (κ2) is 4.76. The normalized spacial score (nSPS) is 10.4. The van der Waals surface area contributed by atoms with Crippen LogP contribution in [0.3, 0.4) is 0 Å². The Balaban J connectivity index is 2.18. The Hall–Kier alpha value is -1.19. The highest BCUT2D eigenvalue weighted by atomic mass is 35.5. The summed E-state index contributed by atoms with van der Waals surface area (Å²) in [4.78, 5) is 12.6. The van der Waals surface area contributed by atoms with E-state index in [1.165, 1.54) is 23.5 Å². The van der Waals surface area contributed by atoms with Crippen LogP contribution >= 0.6 is 22.9 Å². The number of thiophene rings is 1. The lowest BCUT2D eigenvalue weighted by atomic mass is 10.1. The van der Waals surface area contributed by atoms with Crippen LogP contribution < -0.4 is 0 Å². The molecule has 0 aliphatic heterocycles. The van der Waals surface area contributed by atoms with Gasteiger partial charge in [-0.15, -0.1) is 11.3 Å². The van der Waals surface area contributed by atoms with Crippen molar-refractivity contribution in [3.05, 3.63) is 57.0 Å². The van der Waals surface area contributed by atoms with Gasteiger partial charge >= 0.3 is 0 Å². The van der Waals surface area contributed by atoms with Gasteiger partial charge in [-0.1, -0.05) is 23.7 Å². The first-order valence-electron chi connectivity index (χ1n) is 4.69. The Labute approximate surface area is 101 Å². The fraction of sp³-hybridized carbons (Fsp3) is 0.0833. The molecule has 0 saturated carbocycles. The van der Waals surface area contributed by atoms with Crippen LogP contribution in [0.1, 0.15) is 15.2 Å². The number of carbonyl (C=O) groups is 1. The summed E-state index contributed by atoms with van der Waals surface area (Å²) in [5.74, 6) is -0.702. The second-order valence-corrected chi connectivity index (χ2v) is 5.09. The molecule has 2 rings (SSSR count). The van der Waals surface area contributed by atoms with Crippen molar-refractivity contribution in [1.82, 2.24) is 0 Å². The number of hydrogen-bond donors (Lipinski definition) is 0. The molecule has 0 radical (unpaired) electrons. The lowest BCUT2D eigenvalue weighted by Crippen LogP contribution is -2.04. The van der Waals surface area contributed by atoms with E-state index in [0.29, 0.717) is 4.34 Å². The smallest absolute Gasteiger partial charge is 0.170 e. The number of hydrogen-bond acceptors (Lipinski definition) is 2. The molecule has 1 aromatic heterocycles. The van der Waals surface area contributed by atoms with Crippen molar-refractivity contribution in [2.75, 3.05) is 0 Å². The molecule has 0 unspecified atom stereocenters. The average Bonchev–Trinajstić information content (AvgIpc) is 2.64. The van der Waals surface area contributed by atoms with Gasteiger partial charge in [0.15, 0.2) is 5.78 Å². The van der Waals surface area contributed by atoms with Crippen LogP contribution in [0.2, 0.25) is 4.34 Å². The van der Waals surface area contributed by atoms with Crippen LogP contribution in [0.25, 0.3) is 0 Å². The van der Waals surface area contributed by atoms with Gasteiger partial charge in [0.1, 0.15) is 5.82 Å². The molecule has 16 heavy (non-hydrogen) atoms. The van der Waals surface area contributed by atoms with Gasteiger partial charge < -0.3 is 0 Å². The quantitative estimate of drug-likeness (QED) is 0.758. The molecular formula is C12H8ClFOS. The van der Waals surface area contributed by atoms with Crippen molar-refractivity contribution in [1.29, 1.82) is 0 Å². The van der Waals surface area contributed by atoms with Crippen molar-refractivity contribution < 1.29 is 9.18 Å². The van der Waals surface area contributed by atoms with Gasteiger partial charge in [-0.05, 0) is 24.3 Å². The average molecular weight is 255 g/mol. The van der Waals surface area contributed by atoms with Crippen LogP contribution in [0.15, 0.2) is 36.4 Å². The first-order valence-corrected chi connectivity index (χ1v) is 5.88. The molecule has 0 N–H and O–H groups in total. The Morgan fingerprint density at radius 1 is 1.25 bits per heavy atom. The fourth-order valence-corrected chi connectivity index (χ4v) is 2.47. The highest BCUT2D eigenvalue weighted by Gasteiger charge is 2.12. The minimum absolute atomic E-state index is 0.132. The molecule has 0 saturated heterocycles. The zero-order valence-corrected chi connectivity index (χ0v) is 9.82. The summed E-state index contributed by atoms with van der Waals surface area (Å²) in [7, 11) is 0. The summed E-state index contributed by atoms with van der Waals surface area (Å²) in [5.41, 5.74) is 0.132. The molecule has 0 fully saturated rings. The second-order valence-electron chi connectivity index (χ2n) is 3.29. The van der Waals surface area contributed by atoms with Gasteiger partial charge in [0.25, 0.3) is 0 Å². The topological polar surface area (TPSA) is 17.1 Å². The van der Waals surface area contributed by atoms with Crippen molar-refractivity contribution in [3.63, 3.8) is 0 Å². The van der Waals surface area contributed by atoms with Crippen LogP contribution in [-0.4, -0.2) is 5.78 Å². The molecule has 1 nitrogen and oxygen atoms in total. The molecule has 0 atom stereocenters. The zero-order chi connectivity index (χ0) is 11.5. The lowest BCUT2D eigenvalue weighted by Gasteiger charge is -2.00. The van der Waals surface area contributed by atoms with Gasteiger partial charge in [0.2, 0.25) is 0 Å². The van der Waals surface area contributed by atoms with Crippen LogP contribution in [0.5, 0.6) is 0 Å². The monoisotopic (exact) mass is 254 g/mol. The predicted molar refractivity (Wildman–Crippen MR) is 63.8 cm³/mol. The Morgan fingerprint density at radius 2 is 2.00 bits per heavy atom. The Bertz CT molecular complexity index is 521. The number of ketones is 1. The summed E-state index contributed by atoms with van der Waals surface area (Å²) >= 11 is 7.09. The molecule has 0 spiro atoms. The van der Waals surface area contributed by atoms with Crippen LogP contribution in [0, 0.1) is 5.82 Å². The molecule has 0 aliphatic rings. The van der Waals surface area contributed by atoms with Crippen LogP contribution in [-0.2, 0) is 6.42 Å². The van der Waals surface area contributed by atoms with Crippen molar-refractivity contribution in [2.24, 2.45) is 0 Å². The van der Waals surface area contributed by atoms with Gasteiger partial charge in [-0.3, -0.25) is 4.79 Å². The third-order valence-electron chi connectivity index (χ3n) is 2.14. The molecule has 1 aromatic carbocycles. The third kappa shape index (κ3) is 2.49. The van der Waals surface area contributed by atoms with E-state index in [9.17, 15) is 9.18 Å². The maximum atomic E-state index is 13.3. The third-order valence-corrected chi connectivity index (χ3v) is 3.37. The van der Waals surface area contributed by atoms with Gasteiger partial charge in [-0.25, -0.2) is 4.39 Å². The minimum atomic E-state index is -0.477. The van der Waals surface area contributed by atoms with Gasteiger partial charge in [0, 0.05) is 11.3 Å². The summed E-state index contributed by atoms with van der Waals surface area (Å²) in [5, 5.41) is 0. The van der Waals surface area contributed by atoms with Gasteiger partial charge in [0.05, 0.1) is 9.90 Å². The van der Waals surface area contributed by atoms with E-state index in [4.69, 9.17) is 11.6 Å². The fourth-order valence-electron chi connectivity index (χ4n) is 1.39. The SMILES string of the molecule is O=C(Cc1ccc(Cl)s1)c1ccccc1F. The van der Waals surface area contributed by atoms with Crippen molar-refractivity contribution in [2.45, 2.75) is 6.42 Å². The summed E-state index contributed by atoms with van der Waals surface area (Å²) < 4.78 is 13.9. The molecule has 4 heteroatoms. The van der Waals surface area contributed by atoms with Crippen molar-refractivity contribution >= 4 is 28.7 Å². The molecule has 0 aliphatic carbocycles. The maximum absolute atomic E-state index is 13.3. The molecular weight excluding hydrogens is 247 g/mol. The van der Waals surface area contributed by atoms with E-state index in [1.54, 1.807) is 24.3 Å². The van der Waals surface area contributed by atoms with E-state index >= 15 is 0 Å². The molecule has 0 amide bonds. The van der Waals surface area contributed by atoms with E-state index in [1.807, 2.05) is 0 Å². The standard InChI is InChI=1S/C12H8ClFOS/c13-12-6-5-8(16-12)7-11(15)9-3-1-2-4-10(9)14/h1-6H,7H2. The molecule has 0 bridgehead atoms. The lowest BCUT2D eigenvalue weighted by molar-refractivity contribution is 0.0990. The van der Waals surface area contributed by atoms with E-state index < -0.39 is 5.82 Å². The number of Topliss-reactive ketones (excluding diaryl/α,β-unsaturated/α-hetero) is 1. The van der Waals surface area contributed by atoms with E-state index in [2.05, 4.69) is 0 Å². The number of rotatable bonds is 3. The predicted octanol–water partition coefficient (Wildman–Crippen LogP) is 3.97. The van der Waals surface area contributed by atoms with E-state index in [0.717, 1.165) is 4.88 Å². The van der Waals surface area contributed by atoms with Crippen molar-refractivity contribution in [3.8, 4) is 0 Å². The van der Waals surface area contributed by atoms with Gasteiger partial charge in [-0.2, -0.15) is 0 Å². The van der Waals surface area contributed by atoms with E-state index in [-0.39, 0.29) is 17.8 Å². The number of halogens is 2. The zero-order valence-electron chi connectivity index (χ0n) is 8.24.